The minimum absolute atomic E-state index is 0.0129. The molecule has 0 aliphatic carbocycles. The van der Waals surface area contributed by atoms with E-state index in [1.54, 1.807) is 0 Å². The SMILES string of the molecule is CN(c1cc(Oc2ccc3c4cc(-c5ccccc5)ccc4n(-c4cc(C(C)(C)C)ccn4)c3c2)cc(C(C)(C)C)c1)c1ccccc1Nc1cc(C(C)(C)C)cc(C(C)(C)C)c1. The van der Waals surface area contributed by atoms with Crippen molar-refractivity contribution < 1.29 is 4.74 Å². The monoisotopic (exact) mass is 833 g/mol. The Balaban J connectivity index is 1.21. The van der Waals surface area contributed by atoms with Gasteiger partial charge in [0.2, 0.25) is 0 Å². The van der Waals surface area contributed by atoms with Gasteiger partial charge in [0.15, 0.2) is 0 Å². The minimum atomic E-state index is -0.125. The quantitative estimate of drug-likeness (QED) is 0.166. The summed E-state index contributed by atoms with van der Waals surface area (Å²) in [5, 5.41) is 6.16. The van der Waals surface area contributed by atoms with Crippen molar-refractivity contribution in [2.24, 2.45) is 0 Å². The molecule has 0 saturated carbocycles. The van der Waals surface area contributed by atoms with Gasteiger partial charge >= 0.3 is 0 Å². The first-order valence-electron chi connectivity index (χ1n) is 22.3. The molecule has 0 aliphatic rings. The topological polar surface area (TPSA) is 42.3 Å². The lowest BCUT2D eigenvalue weighted by atomic mass is 9.80. The van der Waals surface area contributed by atoms with Crippen LogP contribution in [0.2, 0.25) is 0 Å². The highest BCUT2D eigenvalue weighted by atomic mass is 16.5. The van der Waals surface area contributed by atoms with E-state index in [2.05, 4.69) is 244 Å². The molecule has 0 bridgehead atoms. The van der Waals surface area contributed by atoms with E-state index in [-0.39, 0.29) is 21.7 Å². The third kappa shape index (κ3) is 9.11. The van der Waals surface area contributed by atoms with Gasteiger partial charge in [-0.2, -0.15) is 0 Å². The fourth-order valence-electron chi connectivity index (χ4n) is 8.27. The van der Waals surface area contributed by atoms with Crippen LogP contribution in [-0.4, -0.2) is 16.6 Å². The largest absolute Gasteiger partial charge is 0.457 e. The second-order valence-electron chi connectivity index (χ2n) is 21.3. The fraction of sp³-hybridized carbons (Fsp3) is 0.293. The number of rotatable bonds is 8. The third-order valence-electron chi connectivity index (χ3n) is 12.3. The summed E-state index contributed by atoms with van der Waals surface area (Å²) >= 11 is 0. The van der Waals surface area contributed by atoms with Crippen molar-refractivity contribution in [2.75, 3.05) is 17.3 Å². The summed E-state index contributed by atoms with van der Waals surface area (Å²) in [6.07, 6.45) is 1.93. The lowest BCUT2D eigenvalue weighted by Crippen LogP contribution is -2.17. The number of benzene rings is 6. The molecule has 0 fully saturated rings. The van der Waals surface area contributed by atoms with E-state index in [1.165, 1.54) is 38.8 Å². The van der Waals surface area contributed by atoms with Crippen LogP contribution in [0, 0.1) is 0 Å². The van der Waals surface area contributed by atoms with Crippen molar-refractivity contribution in [1.29, 1.82) is 0 Å². The average Bonchev–Trinajstić information content (AvgIpc) is 3.55. The van der Waals surface area contributed by atoms with Crippen LogP contribution < -0.4 is 15.0 Å². The number of pyridine rings is 1. The molecule has 8 rings (SSSR count). The van der Waals surface area contributed by atoms with E-state index in [0.29, 0.717) is 0 Å². The van der Waals surface area contributed by atoms with E-state index < -0.39 is 0 Å². The van der Waals surface area contributed by atoms with Crippen molar-refractivity contribution in [3.05, 3.63) is 168 Å². The van der Waals surface area contributed by atoms with Gasteiger partial charge in [-0.25, -0.2) is 4.98 Å². The molecule has 0 aliphatic heterocycles. The Kier molecular flexibility index (Phi) is 11.1. The molecule has 1 N–H and O–H groups in total. The number of fused-ring (bicyclic) bond motifs is 3. The molecule has 63 heavy (non-hydrogen) atoms. The summed E-state index contributed by atoms with van der Waals surface area (Å²) in [6.45, 7) is 27.2. The maximum atomic E-state index is 6.95. The Morgan fingerprint density at radius 1 is 0.492 bits per heavy atom. The molecule has 0 atom stereocenters. The van der Waals surface area contributed by atoms with Gasteiger partial charge in [-0.1, -0.05) is 138 Å². The van der Waals surface area contributed by atoms with Crippen LogP contribution in [-0.2, 0) is 21.7 Å². The first kappa shape index (κ1) is 43.3. The predicted molar refractivity (Wildman–Crippen MR) is 270 cm³/mol. The van der Waals surface area contributed by atoms with Crippen LogP contribution in [0.25, 0.3) is 38.8 Å². The molecule has 2 aromatic heterocycles. The molecule has 5 heteroatoms. The smallest absolute Gasteiger partial charge is 0.137 e. The maximum absolute atomic E-state index is 6.95. The van der Waals surface area contributed by atoms with Crippen molar-refractivity contribution >= 4 is 44.6 Å². The van der Waals surface area contributed by atoms with Gasteiger partial charge in [0.1, 0.15) is 17.3 Å². The van der Waals surface area contributed by atoms with Gasteiger partial charge in [-0.15, -0.1) is 0 Å². The first-order valence-corrected chi connectivity index (χ1v) is 22.3. The molecular formula is C58H64N4O. The van der Waals surface area contributed by atoms with Gasteiger partial charge in [0.25, 0.3) is 0 Å². The van der Waals surface area contributed by atoms with Crippen molar-refractivity contribution in [3.63, 3.8) is 0 Å². The normalized spacial score (nSPS) is 12.5. The van der Waals surface area contributed by atoms with Gasteiger partial charge in [0.05, 0.1) is 22.4 Å². The lowest BCUT2D eigenvalue weighted by molar-refractivity contribution is 0.479. The lowest BCUT2D eigenvalue weighted by Gasteiger charge is -2.28. The Hall–Kier alpha value is -6.33. The zero-order valence-corrected chi connectivity index (χ0v) is 39.6. The molecule has 0 unspecified atom stereocenters. The highest BCUT2D eigenvalue weighted by molar-refractivity contribution is 6.10. The summed E-state index contributed by atoms with van der Waals surface area (Å²) in [4.78, 5) is 7.23. The molecular weight excluding hydrogens is 769 g/mol. The number of hydrogen-bond donors (Lipinski definition) is 1. The minimum Gasteiger partial charge on any atom is -0.457 e. The van der Waals surface area contributed by atoms with Gasteiger partial charge in [0, 0.05) is 47.5 Å². The highest BCUT2D eigenvalue weighted by Gasteiger charge is 2.24. The Bertz CT molecular complexity index is 2910. The van der Waals surface area contributed by atoms with Gasteiger partial charge < -0.3 is 15.0 Å². The summed E-state index contributed by atoms with van der Waals surface area (Å²) in [7, 11) is 2.14. The van der Waals surface area contributed by atoms with Crippen LogP contribution in [0.15, 0.2) is 146 Å². The van der Waals surface area contributed by atoms with Crippen LogP contribution in [0.5, 0.6) is 11.5 Å². The molecule has 0 radical (unpaired) electrons. The first-order chi connectivity index (χ1) is 29.6. The summed E-state index contributed by atoms with van der Waals surface area (Å²) < 4.78 is 9.24. The van der Waals surface area contributed by atoms with Crippen molar-refractivity contribution in [3.8, 4) is 28.4 Å². The Labute approximate surface area is 375 Å². The predicted octanol–water partition coefficient (Wildman–Crippen LogP) is 16.3. The molecule has 5 nitrogen and oxygen atoms in total. The number of aromatic nitrogens is 2. The van der Waals surface area contributed by atoms with E-state index in [0.717, 1.165) is 56.5 Å². The second kappa shape index (κ2) is 16.1. The zero-order chi connectivity index (χ0) is 45.1. The average molecular weight is 833 g/mol. The van der Waals surface area contributed by atoms with Crippen LogP contribution in [0.1, 0.15) is 105 Å². The van der Waals surface area contributed by atoms with Crippen molar-refractivity contribution in [1.82, 2.24) is 9.55 Å². The number of anilines is 4. The second-order valence-corrected chi connectivity index (χ2v) is 21.3. The Morgan fingerprint density at radius 2 is 1.13 bits per heavy atom. The Morgan fingerprint density at radius 3 is 1.79 bits per heavy atom. The molecule has 6 aromatic carbocycles. The van der Waals surface area contributed by atoms with E-state index >= 15 is 0 Å². The number of nitrogens with one attached hydrogen (secondary N) is 1. The molecule has 2 heterocycles. The van der Waals surface area contributed by atoms with E-state index in [1.807, 2.05) is 6.20 Å². The number of ether oxygens (including phenoxy) is 1. The molecule has 322 valence electrons. The maximum Gasteiger partial charge on any atom is 0.137 e. The van der Waals surface area contributed by atoms with Gasteiger partial charge in [-0.05, 0) is 128 Å². The summed E-state index contributed by atoms with van der Waals surface area (Å²) in [5.74, 6) is 2.43. The van der Waals surface area contributed by atoms with Gasteiger partial charge in [-0.3, -0.25) is 4.57 Å². The number of hydrogen-bond acceptors (Lipinski definition) is 4. The molecule has 0 amide bonds. The van der Waals surface area contributed by atoms with E-state index in [9.17, 15) is 0 Å². The molecule has 0 spiro atoms. The van der Waals surface area contributed by atoms with Crippen LogP contribution in [0.4, 0.5) is 22.7 Å². The molecule has 8 aromatic rings. The third-order valence-corrected chi connectivity index (χ3v) is 12.3. The summed E-state index contributed by atoms with van der Waals surface area (Å²) in [5.41, 5.74) is 13.7. The number of para-hydroxylation sites is 2. The van der Waals surface area contributed by atoms with Crippen molar-refractivity contribution in [2.45, 2.75) is 105 Å². The van der Waals surface area contributed by atoms with Crippen LogP contribution in [0.3, 0.4) is 0 Å². The summed E-state index contributed by atoms with van der Waals surface area (Å²) in [6, 6.07) is 50.3. The zero-order valence-electron chi connectivity index (χ0n) is 39.6. The fourth-order valence-corrected chi connectivity index (χ4v) is 8.27. The standard InChI is InChI=1S/C58H64N4O/c1-55(2,3)40-27-28-59-54(35-40)62-51-26-23-39(38-19-15-14-16-20-38)29-49(51)48-25-24-46(37-53(48)62)63-47-34-43(58(10,11)12)33-45(36-47)61(13)52-22-18-17-21-50(52)60-44-31-41(56(4,5)6)30-42(32-44)57(7,8)9/h14-37,60H,1-13H3. The molecule has 0 saturated heterocycles. The van der Waals surface area contributed by atoms with Crippen LogP contribution >= 0.6 is 0 Å². The highest BCUT2D eigenvalue weighted by Crippen LogP contribution is 2.42. The number of nitrogens with zero attached hydrogens (tertiary/aromatic N) is 3. The van der Waals surface area contributed by atoms with E-state index in [4.69, 9.17) is 9.72 Å².